The Morgan fingerprint density at radius 3 is 2.80 bits per heavy atom. The molecule has 1 saturated heterocycles. The summed E-state index contributed by atoms with van der Waals surface area (Å²) in [4.78, 5) is 0. The van der Waals surface area contributed by atoms with Crippen LogP contribution in [0.3, 0.4) is 0 Å². The normalized spacial score (nSPS) is 20.9. The molecule has 0 bridgehead atoms. The zero-order chi connectivity index (χ0) is 10.8. The molecular weight excluding hydrogens is 206 g/mol. The minimum absolute atomic E-state index is 0.671. The summed E-state index contributed by atoms with van der Waals surface area (Å²) in [5, 5.41) is 4.42. The second kappa shape index (κ2) is 4.54. The van der Waals surface area contributed by atoms with Gasteiger partial charge in [0.05, 0.1) is 0 Å². The van der Waals surface area contributed by atoms with Crippen LogP contribution >= 0.6 is 11.6 Å². The van der Waals surface area contributed by atoms with Crippen LogP contribution in [0.15, 0.2) is 12.1 Å². The Morgan fingerprint density at radius 1 is 1.33 bits per heavy atom. The molecule has 0 amide bonds. The number of hydrogen-bond acceptors (Lipinski definition) is 1. The third-order valence-corrected chi connectivity index (χ3v) is 3.65. The second-order valence-electron chi connectivity index (χ2n) is 4.53. The predicted octanol–water partition coefficient (Wildman–Crippen LogP) is 3.25. The number of aryl methyl sites for hydroxylation is 2. The first kappa shape index (κ1) is 11.0. The Hall–Kier alpha value is -0.530. The SMILES string of the molecule is Cc1cc(CC2CCCN2)c(C)cc1Cl. The van der Waals surface area contributed by atoms with Crippen LogP contribution in [0.2, 0.25) is 5.02 Å². The van der Waals surface area contributed by atoms with Crippen LogP contribution in [0, 0.1) is 13.8 Å². The van der Waals surface area contributed by atoms with E-state index in [9.17, 15) is 0 Å². The van der Waals surface area contributed by atoms with Crippen LogP contribution in [-0.2, 0) is 6.42 Å². The summed E-state index contributed by atoms with van der Waals surface area (Å²) in [6.07, 6.45) is 3.77. The molecule has 82 valence electrons. The Kier molecular flexibility index (Phi) is 3.32. The van der Waals surface area contributed by atoms with Gasteiger partial charge in [-0.2, -0.15) is 0 Å². The molecule has 1 unspecified atom stereocenters. The highest BCUT2D eigenvalue weighted by molar-refractivity contribution is 6.31. The second-order valence-corrected chi connectivity index (χ2v) is 4.93. The van der Waals surface area contributed by atoms with Gasteiger partial charge in [0.15, 0.2) is 0 Å². The number of benzene rings is 1. The highest BCUT2D eigenvalue weighted by Gasteiger charge is 2.15. The molecule has 1 N–H and O–H groups in total. The highest BCUT2D eigenvalue weighted by atomic mass is 35.5. The van der Waals surface area contributed by atoms with Crippen molar-refractivity contribution in [1.29, 1.82) is 0 Å². The van der Waals surface area contributed by atoms with E-state index >= 15 is 0 Å². The first-order valence-corrected chi connectivity index (χ1v) is 6.03. The molecule has 1 atom stereocenters. The average Bonchev–Trinajstić information content (AvgIpc) is 2.67. The topological polar surface area (TPSA) is 12.0 Å². The van der Waals surface area contributed by atoms with Crippen molar-refractivity contribution in [2.75, 3.05) is 6.54 Å². The quantitative estimate of drug-likeness (QED) is 0.812. The van der Waals surface area contributed by atoms with Gasteiger partial charge in [-0.1, -0.05) is 17.7 Å². The molecule has 1 aromatic rings. The molecule has 0 spiro atoms. The molecule has 15 heavy (non-hydrogen) atoms. The maximum absolute atomic E-state index is 6.09. The fourth-order valence-electron chi connectivity index (χ4n) is 2.26. The van der Waals surface area contributed by atoms with E-state index in [1.54, 1.807) is 0 Å². The van der Waals surface area contributed by atoms with E-state index in [2.05, 4.69) is 31.3 Å². The van der Waals surface area contributed by atoms with Crippen molar-refractivity contribution in [3.8, 4) is 0 Å². The smallest absolute Gasteiger partial charge is 0.0438 e. The third-order valence-electron chi connectivity index (χ3n) is 3.25. The van der Waals surface area contributed by atoms with E-state index in [1.807, 2.05) is 0 Å². The largest absolute Gasteiger partial charge is 0.314 e. The molecule has 2 rings (SSSR count). The number of nitrogens with one attached hydrogen (secondary N) is 1. The van der Waals surface area contributed by atoms with Crippen LogP contribution in [0.1, 0.15) is 29.5 Å². The molecular formula is C13H18ClN. The van der Waals surface area contributed by atoms with Crippen molar-refractivity contribution in [3.05, 3.63) is 33.8 Å². The first-order chi connectivity index (χ1) is 7.16. The van der Waals surface area contributed by atoms with Crippen molar-refractivity contribution < 1.29 is 0 Å². The average molecular weight is 224 g/mol. The molecule has 0 aromatic heterocycles. The summed E-state index contributed by atoms with van der Waals surface area (Å²) >= 11 is 6.09. The molecule has 1 aliphatic heterocycles. The van der Waals surface area contributed by atoms with Gasteiger partial charge in [-0.25, -0.2) is 0 Å². The van der Waals surface area contributed by atoms with Crippen molar-refractivity contribution in [2.24, 2.45) is 0 Å². The molecule has 1 heterocycles. The monoisotopic (exact) mass is 223 g/mol. The van der Waals surface area contributed by atoms with Gasteiger partial charge in [0, 0.05) is 11.1 Å². The molecule has 0 aliphatic carbocycles. The molecule has 1 aromatic carbocycles. The van der Waals surface area contributed by atoms with E-state index in [-0.39, 0.29) is 0 Å². The number of halogens is 1. The summed E-state index contributed by atoms with van der Waals surface area (Å²) in [7, 11) is 0. The summed E-state index contributed by atoms with van der Waals surface area (Å²) in [5.41, 5.74) is 3.95. The maximum atomic E-state index is 6.09. The van der Waals surface area contributed by atoms with Gasteiger partial charge >= 0.3 is 0 Å². The van der Waals surface area contributed by atoms with Gasteiger partial charge in [-0.3, -0.25) is 0 Å². The first-order valence-electron chi connectivity index (χ1n) is 5.66. The van der Waals surface area contributed by atoms with Gasteiger partial charge in [0.1, 0.15) is 0 Å². The lowest BCUT2D eigenvalue weighted by atomic mass is 9.98. The standard InChI is InChI=1S/C13H18ClN/c1-9-7-13(14)10(2)6-11(9)8-12-4-3-5-15-12/h6-7,12,15H,3-5,8H2,1-2H3. The summed E-state index contributed by atoms with van der Waals surface area (Å²) < 4.78 is 0. The molecule has 0 saturated carbocycles. The molecule has 2 heteroatoms. The minimum Gasteiger partial charge on any atom is -0.314 e. The third kappa shape index (κ3) is 2.53. The van der Waals surface area contributed by atoms with Gasteiger partial charge in [-0.15, -0.1) is 0 Å². The summed E-state index contributed by atoms with van der Waals surface area (Å²) in [5.74, 6) is 0. The van der Waals surface area contributed by atoms with Gasteiger partial charge in [-0.05, 0) is 62.4 Å². The number of hydrogen-bond donors (Lipinski definition) is 1. The van der Waals surface area contributed by atoms with Crippen LogP contribution in [0.4, 0.5) is 0 Å². The highest BCUT2D eigenvalue weighted by Crippen LogP contribution is 2.22. The van der Waals surface area contributed by atoms with E-state index in [0.717, 1.165) is 11.4 Å². The fraction of sp³-hybridized carbons (Fsp3) is 0.538. The van der Waals surface area contributed by atoms with Crippen molar-refractivity contribution in [1.82, 2.24) is 5.32 Å². The Balaban J connectivity index is 2.16. The van der Waals surface area contributed by atoms with Gasteiger partial charge in [0.2, 0.25) is 0 Å². The zero-order valence-corrected chi connectivity index (χ0v) is 10.2. The van der Waals surface area contributed by atoms with Crippen LogP contribution in [-0.4, -0.2) is 12.6 Å². The van der Waals surface area contributed by atoms with Crippen molar-refractivity contribution >= 4 is 11.6 Å². The Morgan fingerprint density at radius 2 is 2.13 bits per heavy atom. The molecule has 0 radical (unpaired) electrons. The van der Waals surface area contributed by atoms with E-state index in [0.29, 0.717) is 6.04 Å². The predicted molar refractivity (Wildman–Crippen MR) is 65.7 cm³/mol. The van der Waals surface area contributed by atoms with Crippen LogP contribution in [0.5, 0.6) is 0 Å². The minimum atomic E-state index is 0.671. The molecule has 1 aliphatic rings. The van der Waals surface area contributed by atoms with Crippen LogP contribution < -0.4 is 5.32 Å². The Bertz CT molecular complexity index is 354. The van der Waals surface area contributed by atoms with E-state index in [4.69, 9.17) is 11.6 Å². The van der Waals surface area contributed by atoms with Crippen molar-refractivity contribution in [3.63, 3.8) is 0 Å². The van der Waals surface area contributed by atoms with E-state index in [1.165, 1.54) is 36.1 Å². The Labute approximate surface area is 96.8 Å². The summed E-state index contributed by atoms with van der Waals surface area (Å²) in [6.45, 7) is 5.40. The van der Waals surface area contributed by atoms with Gasteiger partial charge in [0.25, 0.3) is 0 Å². The molecule has 1 fully saturated rings. The lowest BCUT2D eigenvalue weighted by Crippen LogP contribution is -2.24. The lowest BCUT2D eigenvalue weighted by molar-refractivity contribution is 0.601. The zero-order valence-electron chi connectivity index (χ0n) is 9.44. The fourth-order valence-corrected chi connectivity index (χ4v) is 2.48. The van der Waals surface area contributed by atoms with Crippen molar-refractivity contribution in [2.45, 2.75) is 39.2 Å². The maximum Gasteiger partial charge on any atom is 0.0438 e. The summed E-state index contributed by atoms with van der Waals surface area (Å²) in [6, 6.07) is 4.99. The van der Waals surface area contributed by atoms with Crippen LogP contribution in [0.25, 0.3) is 0 Å². The number of rotatable bonds is 2. The molecule has 1 nitrogen and oxygen atoms in total. The van der Waals surface area contributed by atoms with Gasteiger partial charge < -0.3 is 5.32 Å². The van der Waals surface area contributed by atoms with E-state index < -0.39 is 0 Å². The lowest BCUT2D eigenvalue weighted by Gasteiger charge is -2.13.